The molecule has 1 saturated carbocycles. The Bertz CT molecular complexity index is 5290. The zero-order valence-corrected chi connectivity index (χ0v) is 77.0. The fourth-order valence-electron chi connectivity index (χ4n) is 18.5. The normalized spacial score (nSPS) is 26.9. The standard InChI is InChI=1S/C95H129N19O17/c1-59-19-12-11-13-20-60(2)79(123-8)51-72-27-24-65(7)95(122,131-72)88(119)91(120)112-32-16-14-23-75(112)92(121)129-80(52-77(115)61(3)46-64(6)86(118)87(125-10)85(117)63(5)45-59)62(4)47-66-25-28-74(81(48-66)124-9)114-76(55-103-107-114)68-22-18-21-67(49-68)70-53-99-94(100-54-70)110-36-34-109(35-37-110)56-71-57-111(108-105-71)38-40-127-42-44-128-43-41-126-39-30-82(116)98-31-15-17-33-113-90-83(89(96)101-58-102-90)84(106-113)69-26-29-78-73(50-69)104-93(97)130-78/h11-13,18-22,26,29,46,49-50,53-55,57-59,61-63,65-66,72,74-75,79-81,86-87,118,122H,14-17,23-25,27-28,30-45,47-48,51-52,56H2,1-10H3,(H2,97,104)(H,98,116)(H2,96,101,102)/b13-11+,19-12+,60-20+,64-46+/t59-,61-,62-,63-,65-,66+,72+,74+,75+,79+,80+,81-,86-,87+,95-/m1/s1. The van der Waals surface area contributed by atoms with Crippen LogP contribution in [-0.4, -0.2) is 269 Å². The number of nitrogens with two attached hydrogens (primary N) is 2. The van der Waals surface area contributed by atoms with Gasteiger partial charge in [-0.25, -0.2) is 38.8 Å². The lowest BCUT2D eigenvalue weighted by atomic mass is 9.77. The van der Waals surface area contributed by atoms with Crippen LogP contribution in [0.25, 0.3) is 55.8 Å². The van der Waals surface area contributed by atoms with Crippen molar-refractivity contribution in [2.45, 2.75) is 219 Å². The third-order valence-corrected chi connectivity index (χ3v) is 26.2. The van der Waals surface area contributed by atoms with Gasteiger partial charge in [0.1, 0.15) is 53.5 Å². The molecular formula is C95H129N19O17. The number of ether oxygens (including phenoxy) is 8. The number of amides is 2. The highest BCUT2D eigenvalue weighted by molar-refractivity contribution is 6.39. The highest BCUT2D eigenvalue weighted by Gasteiger charge is 2.53. The minimum Gasteiger partial charge on any atom is -0.460 e. The average Bonchev–Trinajstić information content (AvgIpc) is 1.71. The number of unbranched alkanes of at least 4 members (excludes halogenated alkanes) is 1. The largest absolute Gasteiger partial charge is 0.460 e. The molecular weight excluding hydrogens is 1680 g/mol. The molecule has 0 unspecified atom stereocenters. The average molecular weight is 1810 g/mol. The van der Waals surface area contributed by atoms with Crippen LogP contribution in [0.1, 0.15) is 157 Å². The van der Waals surface area contributed by atoms with Crippen LogP contribution in [0.3, 0.4) is 0 Å². The van der Waals surface area contributed by atoms with Crippen LogP contribution < -0.4 is 21.7 Å². The van der Waals surface area contributed by atoms with Gasteiger partial charge in [0.25, 0.3) is 17.7 Å². The minimum absolute atomic E-state index is 0.0155. The van der Waals surface area contributed by atoms with E-state index in [4.69, 9.17) is 68.8 Å². The number of nitrogens with one attached hydrogen (secondary N) is 1. The number of carbonyl (C=O) groups is 6. The Balaban J connectivity index is 0.547. The number of rotatable bonds is 30. The second-order valence-electron chi connectivity index (χ2n) is 35.7. The maximum atomic E-state index is 15.0. The van der Waals surface area contributed by atoms with Crippen LogP contribution in [0.15, 0.2) is 126 Å². The van der Waals surface area contributed by atoms with E-state index in [1.807, 2.05) is 112 Å². The number of fused-ring (bicyclic) bond motifs is 5. The van der Waals surface area contributed by atoms with E-state index < -0.39 is 83.7 Å². The van der Waals surface area contributed by atoms with E-state index in [1.54, 1.807) is 62.7 Å². The fourth-order valence-corrected chi connectivity index (χ4v) is 18.5. The van der Waals surface area contributed by atoms with Gasteiger partial charge < -0.3 is 79.1 Å². The number of aromatic nitrogens is 13. The van der Waals surface area contributed by atoms with Gasteiger partial charge in [-0.05, 0) is 150 Å². The number of nitrogen functional groups attached to an aromatic ring is 2. The van der Waals surface area contributed by atoms with Gasteiger partial charge in [-0.3, -0.25) is 28.9 Å². The number of oxazole rings is 1. The van der Waals surface area contributed by atoms with Crippen LogP contribution in [0, 0.1) is 35.5 Å². The van der Waals surface area contributed by atoms with Crippen molar-refractivity contribution in [3.05, 3.63) is 127 Å². The predicted octanol–water partition coefficient (Wildman–Crippen LogP) is 9.84. The molecule has 706 valence electrons. The van der Waals surface area contributed by atoms with E-state index in [1.165, 1.54) is 18.3 Å². The Morgan fingerprint density at radius 1 is 0.756 bits per heavy atom. The van der Waals surface area contributed by atoms with Crippen molar-refractivity contribution in [1.82, 2.24) is 79.8 Å². The van der Waals surface area contributed by atoms with Crippen molar-refractivity contribution in [2.75, 3.05) is 117 Å². The number of aryl methyl sites for hydroxylation is 1. The summed E-state index contributed by atoms with van der Waals surface area (Å²) >= 11 is 0. The van der Waals surface area contributed by atoms with Gasteiger partial charge in [0, 0.05) is 146 Å². The number of piperidine rings is 1. The molecule has 15 atom stereocenters. The van der Waals surface area contributed by atoms with Crippen molar-refractivity contribution < 1.29 is 81.3 Å². The summed E-state index contributed by atoms with van der Waals surface area (Å²) in [6, 6.07) is 12.3. The molecule has 6 aromatic heterocycles. The Kier molecular flexibility index (Phi) is 34.7. The molecule has 131 heavy (non-hydrogen) atoms. The maximum absolute atomic E-state index is 15.0. The number of piperazine rings is 1. The lowest BCUT2D eigenvalue weighted by Gasteiger charge is -2.42. The maximum Gasteiger partial charge on any atom is 0.329 e. The van der Waals surface area contributed by atoms with Gasteiger partial charge in [-0.1, -0.05) is 99.7 Å². The Morgan fingerprint density at radius 2 is 1.53 bits per heavy atom. The number of hydrogen-bond donors (Lipinski definition) is 5. The summed E-state index contributed by atoms with van der Waals surface area (Å²) in [7, 11) is 4.65. The number of hydrogen-bond acceptors (Lipinski definition) is 31. The van der Waals surface area contributed by atoms with Crippen LogP contribution >= 0.6 is 0 Å². The predicted molar refractivity (Wildman–Crippen MR) is 489 cm³/mol. The SMILES string of the molecule is CO[C@H]1C[C@@H]2CC[C@@H](C)[C@@](O)(O2)C(=O)C(=O)N2CCCC[C@H]2C(=O)O[C@H]([C@H](C)C[C@@H]2CC[C@H](n3nncc3-c3cccc(-c4cnc(N5CCN(Cc6cn(CCOCCOCCOCCC(=O)NCCCCn7nc(-c8ccc9oc(N)nc9c8)c8c(N)ncnc87)nn6)CC5)nc4)c3)[C@H](OC)C2)CC(=O)[C@H](C)/C=C(\C)[C@@H](O)[C@@H](OC)C(=O)[C@H](C)C[C@H](C)/C=C/C=C/C=C/1C. The molecule has 10 heterocycles. The van der Waals surface area contributed by atoms with Crippen LogP contribution in [0.5, 0.6) is 0 Å². The molecule has 5 aliphatic rings. The van der Waals surface area contributed by atoms with Crippen LogP contribution in [0.2, 0.25) is 0 Å². The first-order chi connectivity index (χ1) is 63.3. The smallest absolute Gasteiger partial charge is 0.329 e. The summed E-state index contributed by atoms with van der Waals surface area (Å²) in [5.74, 6) is -7.57. The third kappa shape index (κ3) is 25.1. The second kappa shape index (κ2) is 46.5. The Labute approximate surface area is 764 Å². The molecule has 13 rings (SSSR count). The number of benzene rings is 2. The molecule has 0 spiro atoms. The fraction of sp³-hybridized carbons (Fsp3) is 0.579. The minimum atomic E-state index is -2.48. The molecule has 2 amide bonds. The van der Waals surface area contributed by atoms with Gasteiger partial charge >= 0.3 is 5.97 Å². The van der Waals surface area contributed by atoms with Crippen molar-refractivity contribution in [2.24, 2.45) is 35.5 Å². The number of methoxy groups -OCH3 is 3. The van der Waals surface area contributed by atoms with E-state index in [0.29, 0.717) is 162 Å². The molecule has 36 nitrogen and oxygen atoms in total. The number of anilines is 3. The van der Waals surface area contributed by atoms with Gasteiger partial charge in [-0.2, -0.15) is 10.1 Å². The number of aliphatic hydroxyl groups is 2. The number of nitrogens with zero attached hydrogens (tertiary/aromatic N) is 16. The summed E-state index contributed by atoms with van der Waals surface area (Å²) in [4.78, 5) is 114. The molecule has 2 aromatic carbocycles. The monoisotopic (exact) mass is 1810 g/mol. The number of Topliss-reactive ketones (excluding diaryl/α,β-unsaturated/α-hetero) is 3. The first-order valence-corrected chi connectivity index (χ1v) is 46.1. The van der Waals surface area contributed by atoms with Crippen LogP contribution in [-0.2, 0) is 86.3 Å². The third-order valence-electron chi connectivity index (χ3n) is 26.2. The molecule has 36 heteroatoms. The number of esters is 1. The summed E-state index contributed by atoms with van der Waals surface area (Å²) in [5.41, 5.74) is 20.8. The number of carbonyl (C=O) groups excluding carboxylic acids is 6. The van der Waals surface area contributed by atoms with Gasteiger partial charge in [-0.15, -0.1) is 10.2 Å². The number of aliphatic hydroxyl groups excluding tert-OH is 1. The van der Waals surface area contributed by atoms with E-state index in [0.717, 1.165) is 84.7 Å². The zero-order valence-electron chi connectivity index (χ0n) is 77.0. The Morgan fingerprint density at radius 3 is 2.30 bits per heavy atom. The van der Waals surface area contributed by atoms with Crippen LogP contribution in [0.4, 0.5) is 17.8 Å². The number of cyclic esters (lactones) is 1. The molecule has 4 fully saturated rings. The molecule has 8 aromatic rings. The summed E-state index contributed by atoms with van der Waals surface area (Å²) in [6.45, 7) is 20.3. The quantitative estimate of drug-likeness (QED) is 0.0121. The lowest BCUT2D eigenvalue weighted by molar-refractivity contribution is -0.265. The van der Waals surface area contributed by atoms with Crippen molar-refractivity contribution in [1.29, 1.82) is 0 Å². The highest BCUT2D eigenvalue weighted by Crippen LogP contribution is 2.43. The van der Waals surface area contributed by atoms with Gasteiger partial charge in [0.15, 0.2) is 17.0 Å². The van der Waals surface area contributed by atoms with E-state index >= 15 is 0 Å². The first kappa shape index (κ1) is 97.7. The van der Waals surface area contributed by atoms with E-state index in [-0.39, 0.29) is 79.9 Å². The van der Waals surface area contributed by atoms with Crippen molar-refractivity contribution in [3.8, 4) is 33.6 Å². The molecule has 3 saturated heterocycles. The number of allylic oxidation sites excluding steroid dienone is 6. The molecule has 7 N–H and O–H groups in total. The van der Waals surface area contributed by atoms with Gasteiger partial charge in [0.2, 0.25) is 17.6 Å². The molecule has 2 bridgehead atoms. The van der Waals surface area contributed by atoms with Gasteiger partial charge in [0.05, 0.1) is 93.5 Å². The summed E-state index contributed by atoms with van der Waals surface area (Å²) in [5, 5.41) is 50.3. The highest BCUT2D eigenvalue weighted by atomic mass is 16.6. The second-order valence-corrected chi connectivity index (χ2v) is 35.7. The topological polar surface area (TPSA) is 447 Å². The molecule has 4 aliphatic heterocycles. The van der Waals surface area contributed by atoms with Crippen molar-refractivity contribution >= 4 is 75.0 Å². The molecule has 0 radical (unpaired) electrons. The first-order valence-electron chi connectivity index (χ1n) is 46.1. The lowest BCUT2D eigenvalue weighted by Crippen LogP contribution is -2.61. The Hall–Kier alpha value is -10.8. The summed E-state index contributed by atoms with van der Waals surface area (Å²) < 4.78 is 58.8. The molecule has 1 aliphatic carbocycles. The summed E-state index contributed by atoms with van der Waals surface area (Å²) in [6.07, 6.45) is 21.9. The van der Waals surface area contributed by atoms with Crippen molar-refractivity contribution in [3.63, 3.8) is 0 Å². The zero-order chi connectivity index (χ0) is 92.8. The van der Waals surface area contributed by atoms with E-state index in [9.17, 15) is 39.0 Å². The number of ketones is 3. The van der Waals surface area contributed by atoms with E-state index in [2.05, 4.69) is 56.8 Å².